The lowest BCUT2D eigenvalue weighted by molar-refractivity contribution is 0.176. The third-order valence-electron chi connectivity index (χ3n) is 4.91. The molecule has 1 N–H and O–H groups in total. The van der Waals surface area contributed by atoms with E-state index in [1.54, 1.807) is 13.2 Å². The number of furan rings is 1. The molecule has 0 radical (unpaired) electrons. The summed E-state index contributed by atoms with van der Waals surface area (Å²) in [6, 6.07) is 8.56. The Balaban J connectivity index is 1.90. The van der Waals surface area contributed by atoms with Crippen LogP contribution in [-0.4, -0.2) is 14.7 Å². The summed E-state index contributed by atoms with van der Waals surface area (Å²) in [5.74, 6) is 0.837. The molecule has 1 aliphatic rings. The molecule has 1 fully saturated rings. The van der Waals surface area contributed by atoms with Gasteiger partial charge in [-0.1, -0.05) is 0 Å². The second kappa shape index (κ2) is 5.39. The maximum atomic E-state index is 10.2. The molecule has 0 aliphatic heterocycles. The van der Waals surface area contributed by atoms with Crippen molar-refractivity contribution in [1.29, 1.82) is 5.26 Å². The van der Waals surface area contributed by atoms with Crippen LogP contribution in [0.5, 0.6) is 0 Å². The first kappa shape index (κ1) is 14.3. The van der Waals surface area contributed by atoms with Gasteiger partial charge in [-0.25, -0.2) is 4.98 Å². The molecule has 4 rings (SSSR count). The van der Waals surface area contributed by atoms with Gasteiger partial charge < -0.3 is 14.1 Å². The molecule has 3 aromatic rings. The highest BCUT2D eigenvalue weighted by Crippen LogP contribution is 2.38. The van der Waals surface area contributed by atoms with Crippen LogP contribution in [0.2, 0.25) is 0 Å². The number of hydrogen-bond donors (Lipinski definition) is 1. The van der Waals surface area contributed by atoms with E-state index in [2.05, 4.69) is 15.6 Å². The molecule has 1 saturated carbocycles. The maximum absolute atomic E-state index is 10.2. The van der Waals surface area contributed by atoms with Gasteiger partial charge >= 0.3 is 0 Å². The van der Waals surface area contributed by atoms with E-state index in [1.807, 2.05) is 18.2 Å². The molecular formula is C18H19N3O2. The van der Waals surface area contributed by atoms with E-state index < -0.39 is 6.10 Å². The van der Waals surface area contributed by atoms with Crippen LogP contribution < -0.4 is 0 Å². The van der Waals surface area contributed by atoms with Gasteiger partial charge in [0.05, 0.1) is 17.8 Å². The van der Waals surface area contributed by atoms with Crippen LogP contribution in [0.3, 0.4) is 0 Å². The number of nitriles is 1. The molecule has 5 nitrogen and oxygen atoms in total. The Hall–Kier alpha value is -2.32. The van der Waals surface area contributed by atoms with Gasteiger partial charge in [-0.15, -0.1) is 0 Å². The molecule has 5 heteroatoms. The predicted octanol–water partition coefficient (Wildman–Crippen LogP) is 4.09. The van der Waals surface area contributed by atoms with E-state index in [0.717, 1.165) is 47.7 Å². The molecule has 1 aromatic carbocycles. The summed E-state index contributed by atoms with van der Waals surface area (Å²) >= 11 is 0. The number of aliphatic hydroxyl groups is 1. The van der Waals surface area contributed by atoms with Gasteiger partial charge in [0.15, 0.2) is 5.58 Å². The van der Waals surface area contributed by atoms with Gasteiger partial charge in [-0.3, -0.25) is 0 Å². The molecule has 1 atom stereocenters. The van der Waals surface area contributed by atoms with E-state index >= 15 is 0 Å². The van der Waals surface area contributed by atoms with Gasteiger partial charge in [0, 0.05) is 17.3 Å². The zero-order valence-electron chi connectivity index (χ0n) is 13.1. The highest BCUT2D eigenvalue weighted by molar-refractivity contribution is 6.01. The van der Waals surface area contributed by atoms with Crippen molar-refractivity contribution in [3.05, 3.63) is 30.3 Å². The van der Waals surface area contributed by atoms with Crippen LogP contribution in [0.4, 0.5) is 0 Å². The molecule has 118 valence electrons. The third-order valence-corrected chi connectivity index (χ3v) is 4.91. The zero-order valence-corrected chi connectivity index (χ0v) is 13.1. The van der Waals surface area contributed by atoms with Crippen LogP contribution in [0.15, 0.2) is 28.9 Å². The van der Waals surface area contributed by atoms with Crippen LogP contribution >= 0.6 is 0 Å². The first-order chi connectivity index (χ1) is 11.2. The summed E-state index contributed by atoms with van der Waals surface area (Å²) in [6.45, 7) is 1.75. The lowest BCUT2D eigenvalue weighted by atomic mass is 9.86. The molecule has 0 unspecified atom stereocenters. The summed E-state index contributed by atoms with van der Waals surface area (Å²) in [4.78, 5) is 4.64. The lowest BCUT2D eigenvalue weighted by Gasteiger charge is -2.28. The fourth-order valence-corrected chi connectivity index (χ4v) is 3.75. The standard InChI is InChI=1S/C18H19N3O2/c1-11(22)18-20-15-7-4-13-8-9-23-17(13)16(15)21(18)14-5-2-12(10-19)3-6-14/h4,7-9,11-12,14,22H,2-3,5-6H2,1H3/t11-,12?,14?/m1/s1. The fraction of sp³-hybridized carbons (Fsp3) is 0.444. The lowest BCUT2D eigenvalue weighted by Crippen LogP contribution is -2.20. The van der Waals surface area contributed by atoms with E-state index in [9.17, 15) is 5.11 Å². The number of rotatable bonds is 2. The number of benzene rings is 1. The summed E-state index contributed by atoms with van der Waals surface area (Å²) in [7, 11) is 0. The Morgan fingerprint density at radius 3 is 2.78 bits per heavy atom. The number of fused-ring (bicyclic) bond motifs is 3. The van der Waals surface area contributed by atoms with Crippen molar-refractivity contribution in [2.45, 2.75) is 44.8 Å². The average Bonchev–Trinajstić information content (AvgIpc) is 3.18. The first-order valence-corrected chi connectivity index (χ1v) is 8.14. The normalized spacial score (nSPS) is 23.2. The predicted molar refractivity (Wildman–Crippen MR) is 86.7 cm³/mol. The van der Waals surface area contributed by atoms with Gasteiger partial charge in [0.2, 0.25) is 0 Å². The van der Waals surface area contributed by atoms with Crippen LogP contribution in [0, 0.1) is 17.2 Å². The number of nitrogens with zero attached hydrogens (tertiary/aromatic N) is 3. The Morgan fingerprint density at radius 2 is 2.09 bits per heavy atom. The quantitative estimate of drug-likeness (QED) is 0.773. The van der Waals surface area contributed by atoms with Crippen LogP contribution in [0.25, 0.3) is 22.0 Å². The molecule has 23 heavy (non-hydrogen) atoms. The molecule has 1 aliphatic carbocycles. The topological polar surface area (TPSA) is 75.0 Å². The van der Waals surface area contributed by atoms with Crippen LogP contribution in [0.1, 0.15) is 50.6 Å². The van der Waals surface area contributed by atoms with E-state index in [1.165, 1.54) is 0 Å². The molecule has 0 saturated heterocycles. The molecular weight excluding hydrogens is 290 g/mol. The van der Waals surface area contributed by atoms with Gasteiger partial charge in [-0.05, 0) is 50.8 Å². The number of hydrogen-bond acceptors (Lipinski definition) is 4. The molecule has 0 spiro atoms. The second-order valence-electron chi connectivity index (χ2n) is 6.42. The van der Waals surface area contributed by atoms with Gasteiger partial charge in [0.25, 0.3) is 0 Å². The molecule has 0 bridgehead atoms. The summed E-state index contributed by atoms with van der Waals surface area (Å²) in [5.41, 5.74) is 2.64. The number of aliphatic hydroxyl groups excluding tert-OH is 1. The fourth-order valence-electron chi connectivity index (χ4n) is 3.75. The van der Waals surface area contributed by atoms with Crippen molar-refractivity contribution in [1.82, 2.24) is 9.55 Å². The largest absolute Gasteiger partial charge is 0.462 e. The van der Waals surface area contributed by atoms with E-state index in [0.29, 0.717) is 5.82 Å². The molecule has 2 aromatic heterocycles. The highest BCUT2D eigenvalue weighted by atomic mass is 16.3. The Kier molecular flexibility index (Phi) is 3.35. The Bertz CT molecular complexity index is 892. The van der Waals surface area contributed by atoms with Gasteiger partial charge in [0.1, 0.15) is 17.4 Å². The SMILES string of the molecule is C[C@@H](O)c1nc2ccc3ccoc3c2n1C1CCC(C#N)CC1. The summed E-state index contributed by atoms with van der Waals surface area (Å²) in [5, 5.41) is 20.3. The summed E-state index contributed by atoms with van der Waals surface area (Å²) in [6.07, 6.45) is 4.71. The maximum Gasteiger partial charge on any atom is 0.159 e. The van der Waals surface area contributed by atoms with E-state index in [4.69, 9.17) is 9.68 Å². The van der Waals surface area contributed by atoms with E-state index in [-0.39, 0.29) is 12.0 Å². The van der Waals surface area contributed by atoms with Crippen molar-refractivity contribution in [2.75, 3.05) is 0 Å². The summed E-state index contributed by atoms with van der Waals surface area (Å²) < 4.78 is 7.86. The number of aromatic nitrogens is 2. The van der Waals surface area contributed by atoms with Crippen molar-refractivity contribution < 1.29 is 9.52 Å². The minimum atomic E-state index is -0.638. The van der Waals surface area contributed by atoms with Gasteiger partial charge in [-0.2, -0.15) is 5.26 Å². The monoisotopic (exact) mass is 309 g/mol. The van der Waals surface area contributed by atoms with Crippen molar-refractivity contribution in [3.63, 3.8) is 0 Å². The molecule has 0 amide bonds. The highest BCUT2D eigenvalue weighted by Gasteiger charge is 2.28. The van der Waals surface area contributed by atoms with Crippen molar-refractivity contribution >= 4 is 22.0 Å². The Labute approximate surface area is 134 Å². The third kappa shape index (κ3) is 2.22. The first-order valence-electron chi connectivity index (χ1n) is 8.14. The Morgan fingerprint density at radius 1 is 1.30 bits per heavy atom. The molecule has 2 heterocycles. The minimum Gasteiger partial charge on any atom is -0.462 e. The van der Waals surface area contributed by atoms with Crippen LogP contribution in [-0.2, 0) is 0 Å². The minimum absolute atomic E-state index is 0.152. The van der Waals surface area contributed by atoms with Crippen molar-refractivity contribution in [3.8, 4) is 6.07 Å². The smallest absolute Gasteiger partial charge is 0.159 e. The average molecular weight is 309 g/mol. The number of imidazole rings is 1. The van der Waals surface area contributed by atoms with Crippen molar-refractivity contribution in [2.24, 2.45) is 5.92 Å². The zero-order chi connectivity index (χ0) is 16.0. The second-order valence-corrected chi connectivity index (χ2v) is 6.42.